The van der Waals surface area contributed by atoms with Crippen LogP contribution >= 0.6 is 23.1 Å². The first-order valence-electron chi connectivity index (χ1n) is 7.79. The van der Waals surface area contributed by atoms with Gasteiger partial charge in [-0.25, -0.2) is 4.98 Å². The summed E-state index contributed by atoms with van der Waals surface area (Å²) < 4.78 is 0. The van der Waals surface area contributed by atoms with Gasteiger partial charge in [0.05, 0.1) is 18.1 Å². The first-order chi connectivity index (χ1) is 13.4. The van der Waals surface area contributed by atoms with E-state index in [0.29, 0.717) is 6.41 Å². The average Bonchev–Trinajstić information content (AvgIpc) is 3.12. The van der Waals surface area contributed by atoms with E-state index in [1.165, 1.54) is 12.5 Å². The van der Waals surface area contributed by atoms with Crippen molar-refractivity contribution in [3.05, 3.63) is 11.1 Å². The number of β-lactam (4-membered cyclic amide) rings is 1. The molecule has 0 radical (unpaired) electrons. The number of carbonyl (C=O) groups excluding carboxylic acids is 4. The molecule has 1 aromatic heterocycles. The number of nitrogens with zero attached hydrogens (tertiary/aromatic N) is 3. The van der Waals surface area contributed by atoms with Gasteiger partial charge in [0.2, 0.25) is 12.3 Å². The largest absolute Gasteiger partial charge is 1.00 e. The zero-order valence-corrected chi connectivity index (χ0v) is 18.9. The fraction of sp³-hybridized carbons (Fsp3) is 0.429. The summed E-state index contributed by atoms with van der Waals surface area (Å²) in [6, 6.07) is -2.46. The first kappa shape index (κ1) is 23.6. The van der Waals surface area contributed by atoms with E-state index < -0.39 is 41.3 Å². The fourth-order valence-corrected chi connectivity index (χ4v) is 4.84. The maximum absolute atomic E-state index is 12.6. The smallest absolute Gasteiger partial charge is 0.548 e. The number of hydrogen-bond donors (Lipinski definition) is 3. The van der Waals surface area contributed by atoms with Crippen LogP contribution in [0, 0.1) is 0 Å². The third kappa shape index (κ3) is 4.57. The van der Waals surface area contributed by atoms with Crippen molar-refractivity contribution in [1.82, 2.24) is 15.2 Å². The molecule has 0 saturated carbocycles. The van der Waals surface area contributed by atoms with E-state index in [1.807, 2.05) is 0 Å². The van der Waals surface area contributed by atoms with Gasteiger partial charge in [-0.05, 0) is 0 Å². The molecule has 3 unspecified atom stereocenters. The number of aliphatic hydroxyl groups is 1. The summed E-state index contributed by atoms with van der Waals surface area (Å²) in [5.41, 5.74) is -0.0992. The van der Waals surface area contributed by atoms with Crippen molar-refractivity contribution >= 4 is 58.1 Å². The Morgan fingerprint density at radius 2 is 2.24 bits per heavy atom. The molecule has 0 bridgehead atoms. The summed E-state index contributed by atoms with van der Waals surface area (Å²) in [5, 5.41) is 30.5. The topological polar surface area (TPSA) is 173 Å². The minimum atomic E-state index is -1.56. The molecule has 2 fully saturated rings. The molecular formula is C14H14N5NaO7S2. The van der Waals surface area contributed by atoms with Crippen LogP contribution in [0.1, 0.15) is 5.69 Å². The van der Waals surface area contributed by atoms with E-state index >= 15 is 0 Å². The number of aromatic nitrogens is 1. The number of aliphatic hydroxyl groups excluding tert-OH is 1. The Balaban J connectivity index is 0.00000300. The Kier molecular flexibility index (Phi) is 8.02. The van der Waals surface area contributed by atoms with Gasteiger partial charge in [0.1, 0.15) is 24.2 Å². The molecule has 2 aliphatic heterocycles. The van der Waals surface area contributed by atoms with Crippen molar-refractivity contribution in [2.24, 2.45) is 5.16 Å². The van der Waals surface area contributed by atoms with Crippen LogP contribution in [0.5, 0.6) is 0 Å². The number of thiazole rings is 1. The standard InChI is InChI=1S/C14H15N5O7S2.Na/c1-26-18-7(5-2-28-14(16-5)15-4-20)10(22)17-8-11(23)19-9(13(24)25)6(21)3-27-12(8)19;/h2,4,6,8-9,12,21H,3H2,1H3,(H,17,22)(H,24,25)(H,15,16,20);/q;+1/p-1/b18-7-;/t6?,8?,9?,12-;/m1./s1. The van der Waals surface area contributed by atoms with Gasteiger partial charge in [0.25, 0.3) is 5.91 Å². The Morgan fingerprint density at radius 1 is 1.52 bits per heavy atom. The van der Waals surface area contributed by atoms with Crippen molar-refractivity contribution in [2.75, 3.05) is 18.2 Å². The number of anilines is 1. The van der Waals surface area contributed by atoms with E-state index in [1.54, 1.807) is 0 Å². The SMILES string of the molecule is CO/N=C(\C(=O)NC1C(=O)N2C(C(=O)[O-])C(O)CS[C@H]12)c1csc(NC=O)n1.[Na+]. The van der Waals surface area contributed by atoms with Crippen molar-refractivity contribution in [1.29, 1.82) is 0 Å². The van der Waals surface area contributed by atoms with Crippen molar-refractivity contribution in [3.8, 4) is 0 Å². The maximum Gasteiger partial charge on any atom is 1.00 e. The van der Waals surface area contributed by atoms with Crippen LogP contribution in [0.2, 0.25) is 0 Å². The zero-order chi connectivity index (χ0) is 20.4. The molecule has 3 amide bonds. The van der Waals surface area contributed by atoms with Gasteiger partial charge in [0, 0.05) is 11.1 Å². The maximum atomic E-state index is 12.6. The van der Waals surface area contributed by atoms with Crippen LogP contribution < -0.4 is 45.3 Å². The van der Waals surface area contributed by atoms with Crippen LogP contribution in [0.25, 0.3) is 0 Å². The van der Waals surface area contributed by atoms with Crippen LogP contribution in [0.3, 0.4) is 0 Å². The number of carboxylic acid groups (broad SMARTS) is 1. The second kappa shape index (κ2) is 9.86. The number of carboxylic acids is 1. The Morgan fingerprint density at radius 3 is 2.86 bits per heavy atom. The van der Waals surface area contributed by atoms with E-state index in [9.17, 15) is 29.4 Å². The molecule has 3 N–H and O–H groups in total. The molecule has 0 aromatic carbocycles. The monoisotopic (exact) mass is 451 g/mol. The van der Waals surface area contributed by atoms with Gasteiger partial charge < -0.3 is 35.4 Å². The van der Waals surface area contributed by atoms with Crippen LogP contribution in [0.4, 0.5) is 5.13 Å². The summed E-state index contributed by atoms with van der Waals surface area (Å²) in [6.45, 7) is 0. The normalized spacial score (nSPS) is 25.8. The van der Waals surface area contributed by atoms with Gasteiger partial charge in [-0.3, -0.25) is 14.4 Å². The van der Waals surface area contributed by atoms with E-state index in [4.69, 9.17) is 0 Å². The number of hydrogen-bond acceptors (Lipinski definition) is 11. The molecule has 29 heavy (non-hydrogen) atoms. The Hall–Kier alpha value is -1.71. The second-order valence-corrected chi connectivity index (χ2v) is 7.68. The quantitative estimate of drug-likeness (QED) is 0.120. The van der Waals surface area contributed by atoms with Crippen molar-refractivity contribution in [2.45, 2.75) is 23.6 Å². The zero-order valence-electron chi connectivity index (χ0n) is 15.2. The van der Waals surface area contributed by atoms with Gasteiger partial charge in [0.15, 0.2) is 10.8 Å². The predicted octanol–water partition coefficient (Wildman–Crippen LogP) is -6.05. The summed E-state index contributed by atoms with van der Waals surface area (Å²) in [6.07, 6.45) is -0.823. The molecule has 0 aliphatic carbocycles. The van der Waals surface area contributed by atoms with Crippen molar-refractivity contribution < 1.29 is 63.8 Å². The number of oxime groups is 1. The predicted molar refractivity (Wildman–Crippen MR) is 95.2 cm³/mol. The van der Waals surface area contributed by atoms with Crippen LogP contribution in [0.15, 0.2) is 10.5 Å². The Labute approximate surface area is 194 Å². The molecule has 150 valence electrons. The van der Waals surface area contributed by atoms with Gasteiger partial charge in [-0.15, -0.1) is 23.1 Å². The second-order valence-electron chi connectivity index (χ2n) is 5.67. The van der Waals surface area contributed by atoms with E-state index in [2.05, 4.69) is 25.6 Å². The van der Waals surface area contributed by atoms with Gasteiger partial charge in [-0.1, -0.05) is 5.16 Å². The number of nitrogens with one attached hydrogen (secondary N) is 2. The first-order valence-corrected chi connectivity index (χ1v) is 9.72. The summed E-state index contributed by atoms with van der Waals surface area (Å²) in [4.78, 5) is 56.3. The molecule has 3 rings (SSSR count). The molecule has 3 heterocycles. The third-order valence-corrected chi connectivity index (χ3v) is 6.18. The number of carbonyl (C=O) groups is 4. The average molecular weight is 451 g/mol. The number of amides is 3. The molecule has 4 atom stereocenters. The van der Waals surface area contributed by atoms with Crippen LogP contribution in [-0.4, -0.2) is 81.3 Å². The van der Waals surface area contributed by atoms with Crippen molar-refractivity contribution in [3.63, 3.8) is 0 Å². The fourth-order valence-electron chi connectivity index (χ4n) is 2.84. The summed E-state index contributed by atoms with van der Waals surface area (Å²) in [7, 11) is 1.23. The molecular weight excluding hydrogens is 437 g/mol. The van der Waals surface area contributed by atoms with E-state index in [0.717, 1.165) is 28.0 Å². The van der Waals surface area contributed by atoms with E-state index in [-0.39, 0.29) is 51.8 Å². The third-order valence-electron chi connectivity index (χ3n) is 4.04. The van der Waals surface area contributed by atoms with Crippen LogP contribution in [-0.2, 0) is 24.0 Å². The number of rotatable bonds is 7. The number of fused-ring (bicyclic) bond motifs is 1. The minimum absolute atomic E-state index is 0. The van der Waals surface area contributed by atoms with Gasteiger partial charge >= 0.3 is 29.6 Å². The summed E-state index contributed by atoms with van der Waals surface area (Å²) >= 11 is 2.20. The molecule has 0 spiro atoms. The Bertz CT molecular complexity index is 850. The number of thioether (sulfide) groups is 1. The molecule has 2 saturated heterocycles. The number of aliphatic carboxylic acids is 1. The molecule has 12 nitrogen and oxygen atoms in total. The molecule has 2 aliphatic rings. The summed E-state index contributed by atoms with van der Waals surface area (Å²) in [5.74, 6) is -2.91. The molecule has 1 aromatic rings. The minimum Gasteiger partial charge on any atom is -0.548 e. The molecule has 15 heteroatoms. The van der Waals surface area contributed by atoms with Gasteiger partial charge in [-0.2, -0.15) is 0 Å².